The molecule has 0 aliphatic carbocycles. The van der Waals surface area contributed by atoms with Gasteiger partial charge in [-0.2, -0.15) is 0 Å². The summed E-state index contributed by atoms with van der Waals surface area (Å²) in [6.45, 7) is 2.75. The highest BCUT2D eigenvalue weighted by Crippen LogP contribution is 2.26. The summed E-state index contributed by atoms with van der Waals surface area (Å²) in [5.74, 6) is 1.55. The minimum atomic E-state index is -3.75. The van der Waals surface area contributed by atoms with Crippen LogP contribution in [0.5, 0.6) is 5.75 Å². The molecule has 1 aliphatic rings. The van der Waals surface area contributed by atoms with Gasteiger partial charge in [-0.1, -0.05) is 11.6 Å². The van der Waals surface area contributed by atoms with Crippen LogP contribution >= 0.6 is 11.6 Å². The van der Waals surface area contributed by atoms with Crippen molar-refractivity contribution < 1.29 is 17.9 Å². The second-order valence-electron chi connectivity index (χ2n) is 5.55. The molecule has 0 amide bonds. The fourth-order valence-electron chi connectivity index (χ4n) is 2.50. The zero-order chi connectivity index (χ0) is 18.6. The number of nitrogens with zero attached hydrogens (tertiary/aromatic N) is 3. The molecule has 8 nitrogen and oxygen atoms in total. The number of benzene rings is 1. The third kappa shape index (κ3) is 4.42. The molecule has 2 aromatic rings. The molecule has 140 valence electrons. The van der Waals surface area contributed by atoms with E-state index in [2.05, 4.69) is 19.6 Å². The van der Waals surface area contributed by atoms with E-state index in [1.54, 1.807) is 12.3 Å². The van der Waals surface area contributed by atoms with Gasteiger partial charge in [0.05, 0.1) is 36.8 Å². The van der Waals surface area contributed by atoms with Crippen molar-refractivity contribution >= 4 is 27.4 Å². The van der Waals surface area contributed by atoms with Gasteiger partial charge < -0.3 is 14.4 Å². The predicted molar refractivity (Wildman–Crippen MR) is 97.1 cm³/mol. The Bertz CT molecular complexity index is 872. The lowest BCUT2D eigenvalue weighted by Crippen LogP contribution is -2.37. The second-order valence-corrected chi connectivity index (χ2v) is 7.73. The Morgan fingerprint density at radius 3 is 2.77 bits per heavy atom. The van der Waals surface area contributed by atoms with Gasteiger partial charge in [0.15, 0.2) is 0 Å². The van der Waals surface area contributed by atoms with Crippen molar-refractivity contribution in [1.29, 1.82) is 0 Å². The van der Waals surface area contributed by atoms with Crippen LogP contribution in [0, 0.1) is 0 Å². The molecule has 0 radical (unpaired) electrons. The molecule has 0 unspecified atom stereocenters. The number of hydrogen-bond donors (Lipinski definition) is 1. The fourth-order valence-corrected chi connectivity index (χ4v) is 3.83. The van der Waals surface area contributed by atoms with Crippen molar-refractivity contribution in [3.63, 3.8) is 0 Å². The molecule has 3 rings (SSSR count). The summed E-state index contributed by atoms with van der Waals surface area (Å²) in [5, 5.41) is 0.223. The molecular formula is C16H19ClN4O4S. The summed E-state index contributed by atoms with van der Waals surface area (Å²) in [6.07, 6.45) is 1.62. The summed E-state index contributed by atoms with van der Waals surface area (Å²) in [6, 6.07) is 6.07. The lowest BCUT2D eigenvalue weighted by atomic mass is 10.3. The molecular weight excluding hydrogens is 380 g/mol. The van der Waals surface area contributed by atoms with Crippen LogP contribution in [0.4, 0.5) is 5.82 Å². The van der Waals surface area contributed by atoms with Crippen molar-refractivity contribution in [1.82, 2.24) is 14.7 Å². The van der Waals surface area contributed by atoms with Crippen LogP contribution in [-0.2, 0) is 21.3 Å². The quantitative estimate of drug-likeness (QED) is 0.787. The van der Waals surface area contributed by atoms with Crippen LogP contribution in [0.25, 0.3) is 0 Å². The molecule has 1 saturated heterocycles. The van der Waals surface area contributed by atoms with Gasteiger partial charge in [0.25, 0.3) is 0 Å². The Kier molecular flexibility index (Phi) is 5.92. The van der Waals surface area contributed by atoms with Crippen molar-refractivity contribution in [2.75, 3.05) is 38.3 Å². The summed E-state index contributed by atoms with van der Waals surface area (Å²) in [4.78, 5) is 10.7. The van der Waals surface area contributed by atoms with Gasteiger partial charge in [0, 0.05) is 19.3 Å². The van der Waals surface area contributed by atoms with E-state index in [0.29, 0.717) is 24.8 Å². The number of halogens is 1. The van der Waals surface area contributed by atoms with Gasteiger partial charge in [-0.05, 0) is 24.3 Å². The first-order chi connectivity index (χ1) is 12.5. The van der Waals surface area contributed by atoms with Gasteiger partial charge in [-0.25, -0.2) is 23.1 Å². The third-order valence-corrected chi connectivity index (χ3v) is 5.57. The third-order valence-electron chi connectivity index (χ3n) is 3.88. The first-order valence-corrected chi connectivity index (χ1v) is 9.83. The standard InChI is InChI=1S/C16H19ClN4O4S/c1-24-14-3-2-12(10-13(14)17)26(22,23)19-11-15-18-5-4-16(20-15)21-6-8-25-9-7-21/h2-5,10,19H,6-9,11H2,1H3. The zero-order valence-electron chi connectivity index (χ0n) is 14.2. The van der Waals surface area contributed by atoms with E-state index < -0.39 is 10.0 Å². The van der Waals surface area contributed by atoms with Crippen molar-refractivity contribution in [3.05, 3.63) is 41.3 Å². The van der Waals surface area contributed by atoms with Gasteiger partial charge >= 0.3 is 0 Å². The number of rotatable bonds is 6. The molecule has 0 spiro atoms. The molecule has 1 aromatic carbocycles. The Morgan fingerprint density at radius 1 is 1.31 bits per heavy atom. The van der Waals surface area contributed by atoms with Crippen LogP contribution < -0.4 is 14.4 Å². The zero-order valence-corrected chi connectivity index (χ0v) is 15.8. The number of ether oxygens (including phenoxy) is 2. The number of anilines is 1. The van der Waals surface area contributed by atoms with E-state index in [1.165, 1.54) is 25.3 Å². The Balaban J connectivity index is 1.70. The van der Waals surface area contributed by atoms with Crippen LogP contribution in [0.2, 0.25) is 5.02 Å². The van der Waals surface area contributed by atoms with Gasteiger partial charge in [-0.3, -0.25) is 0 Å². The molecule has 10 heteroatoms. The van der Waals surface area contributed by atoms with Gasteiger partial charge in [-0.15, -0.1) is 0 Å². The topological polar surface area (TPSA) is 93.7 Å². The number of morpholine rings is 1. The number of methoxy groups -OCH3 is 1. The second kappa shape index (κ2) is 8.17. The minimum Gasteiger partial charge on any atom is -0.495 e. The maximum Gasteiger partial charge on any atom is 0.241 e. The highest BCUT2D eigenvalue weighted by atomic mass is 35.5. The first kappa shape index (κ1) is 18.8. The number of aromatic nitrogens is 2. The van der Waals surface area contributed by atoms with Crippen LogP contribution in [0.3, 0.4) is 0 Å². The molecule has 0 bridgehead atoms. The van der Waals surface area contributed by atoms with Gasteiger partial charge in [0.2, 0.25) is 10.0 Å². The first-order valence-electron chi connectivity index (χ1n) is 7.97. The molecule has 0 atom stereocenters. The molecule has 1 aromatic heterocycles. The van der Waals surface area contributed by atoms with E-state index in [4.69, 9.17) is 21.1 Å². The van der Waals surface area contributed by atoms with Crippen molar-refractivity contribution in [3.8, 4) is 5.75 Å². The Morgan fingerprint density at radius 2 is 2.08 bits per heavy atom. The predicted octanol–water partition coefficient (Wildman–Crippen LogP) is 1.45. The Hall–Kier alpha value is -1.94. The van der Waals surface area contributed by atoms with E-state index in [1.807, 2.05) is 0 Å². The SMILES string of the molecule is COc1ccc(S(=O)(=O)NCc2nccc(N3CCOCC3)n2)cc1Cl. The summed E-state index contributed by atoms with van der Waals surface area (Å²) in [5.41, 5.74) is 0. The molecule has 1 fully saturated rings. The molecule has 0 saturated carbocycles. The maximum absolute atomic E-state index is 12.5. The molecule has 1 aliphatic heterocycles. The van der Waals surface area contributed by atoms with Crippen molar-refractivity contribution in [2.24, 2.45) is 0 Å². The van der Waals surface area contributed by atoms with Crippen LogP contribution in [0.1, 0.15) is 5.82 Å². The largest absolute Gasteiger partial charge is 0.495 e. The lowest BCUT2D eigenvalue weighted by molar-refractivity contribution is 0.122. The van der Waals surface area contributed by atoms with Crippen molar-refractivity contribution in [2.45, 2.75) is 11.4 Å². The van der Waals surface area contributed by atoms with E-state index in [-0.39, 0.29) is 16.5 Å². The number of nitrogens with one attached hydrogen (secondary N) is 1. The summed E-state index contributed by atoms with van der Waals surface area (Å²) < 4.78 is 37.7. The number of sulfonamides is 1. The van der Waals surface area contributed by atoms with E-state index in [9.17, 15) is 8.42 Å². The molecule has 26 heavy (non-hydrogen) atoms. The average Bonchev–Trinajstić information content (AvgIpc) is 2.67. The highest BCUT2D eigenvalue weighted by Gasteiger charge is 2.17. The Labute approximate surface area is 157 Å². The van der Waals surface area contributed by atoms with E-state index >= 15 is 0 Å². The molecule has 2 heterocycles. The highest BCUT2D eigenvalue weighted by molar-refractivity contribution is 7.89. The van der Waals surface area contributed by atoms with Crippen LogP contribution in [-0.4, -0.2) is 51.8 Å². The average molecular weight is 399 g/mol. The number of hydrogen-bond acceptors (Lipinski definition) is 7. The maximum atomic E-state index is 12.5. The van der Waals surface area contributed by atoms with Crippen LogP contribution in [0.15, 0.2) is 35.4 Å². The smallest absolute Gasteiger partial charge is 0.241 e. The normalized spacial score (nSPS) is 15.1. The monoisotopic (exact) mass is 398 g/mol. The summed E-state index contributed by atoms with van der Waals surface area (Å²) in [7, 11) is -2.28. The minimum absolute atomic E-state index is 0.0236. The molecule has 1 N–H and O–H groups in total. The summed E-state index contributed by atoms with van der Waals surface area (Å²) >= 11 is 6.00. The fraction of sp³-hybridized carbons (Fsp3) is 0.375. The van der Waals surface area contributed by atoms with E-state index in [0.717, 1.165) is 18.9 Å². The lowest BCUT2D eigenvalue weighted by Gasteiger charge is -2.27. The van der Waals surface area contributed by atoms with Gasteiger partial charge in [0.1, 0.15) is 17.4 Å².